The van der Waals surface area contributed by atoms with Crippen molar-refractivity contribution in [1.82, 2.24) is 5.32 Å². The number of hydrogen-bond acceptors (Lipinski definition) is 3. The van der Waals surface area contributed by atoms with Gasteiger partial charge in [0.15, 0.2) is 0 Å². The Balaban J connectivity index is 2.47. The van der Waals surface area contributed by atoms with E-state index in [9.17, 15) is 5.11 Å². The minimum absolute atomic E-state index is 0.266. The van der Waals surface area contributed by atoms with Gasteiger partial charge >= 0.3 is 0 Å². The summed E-state index contributed by atoms with van der Waals surface area (Å²) in [5.41, 5.74) is -0.856. The van der Waals surface area contributed by atoms with Gasteiger partial charge in [-0.05, 0) is 41.5 Å². The van der Waals surface area contributed by atoms with E-state index in [0.29, 0.717) is 6.54 Å². The molecule has 16 heavy (non-hydrogen) atoms. The second-order valence-electron chi connectivity index (χ2n) is 4.00. The van der Waals surface area contributed by atoms with Gasteiger partial charge in [0, 0.05) is 6.54 Å². The SMILES string of the molecule is CCNCC(C)(O)COc1ccccc1Br. The minimum atomic E-state index is -0.856. The Morgan fingerprint density at radius 2 is 2.12 bits per heavy atom. The smallest absolute Gasteiger partial charge is 0.133 e. The summed E-state index contributed by atoms with van der Waals surface area (Å²) in [6, 6.07) is 7.61. The first-order chi connectivity index (χ1) is 7.55. The van der Waals surface area contributed by atoms with Crippen LogP contribution in [-0.2, 0) is 0 Å². The summed E-state index contributed by atoms with van der Waals surface area (Å²) >= 11 is 3.39. The van der Waals surface area contributed by atoms with Crippen LogP contribution in [0.4, 0.5) is 0 Å². The average Bonchev–Trinajstić information content (AvgIpc) is 2.26. The molecule has 0 aromatic heterocycles. The Kier molecular flexibility index (Phi) is 5.25. The summed E-state index contributed by atoms with van der Waals surface area (Å²) in [6.07, 6.45) is 0. The normalized spacial score (nSPS) is 14.5. The zero-order chi connectivity index (χ0) is 12.0. The van der Waals surface area contributed by atoms with Gasteiger partial charge < -0.3 is 15.2 Å². The van der Waals surface area contributed by atoms with Crippen molar-refractivity contribution in [2.45, 2.75) is 19.4 Å². The molecule has 3 nitrogen and oxygen atoms in total. The molecular weight excluding hydrogens is 270 g/mol. The van der Waals surface area contributed by atoms with Gasteiger partial charge in [0.2, 0.25) is 0 Å². The fourth-order valence-corrected chi connectivity index (χ4v) is 1.64. The number of para-hydroxylation sites is 1. The van der Waals surface area contributed by atoms with Crippen molar-refractivity contribution >= 4 is 15.9 Å². The van der Waals surface area contributed by atoms with Crippen LogP contribution in [0.3, 0.4) is 0 Å². The first-order valence-electron chi connectivity index (χ1n) is 5.35. The van der Waals surface area contributed by atoms with E-state index in [-0.39, 0.29) is 6.61 Å². The third kappa shape index (κ3) is 4.51. The Morgan fingerprint density at radius 3 is 2.75 bits per heavy atom. The number of nitrogens with one attached hydrogen (secondary N) is 1. The van der Waals surface area contributed by atoms with Crippen molar-refractivity contribution in [2.24, 2.45) is 0 Å². The molecular formula is C12H18BrNO2. The van der Waals surface area contributed by atoms with E-state index in [0.717, 1.165) is 16.8 Å². The van der Waals surface area contributed by atoms with Crippen LogP contribution in [0.25, 0.3) is 0 Å². The maximum absolute atomic E-state index is 9.99. The number of aliphatic hydroxyl groups is 1. The van der Waals surface area contributed by atoms with Crippen LogP contribution < -0.4 is 10.1 Å². The van der Waals surface area contributed by atoms with Crippen LogP contribution >= 0.6 is 15.9 Å². The van der Waals surface area contributed by atoms with Crippen molar-refractivity contribution in [3.8, 4) is 5.75 Å². The summed E-state index contributed by atoms with van der Waals surface area (Å²) in [5, 5.41) is 13.1. The number of rotatable bonds is 6. The summed E-state index contributed by atoms with van der Waals surface area (Å²) in [5.74, 6) is 0.749. The number of hydrogen-bond donors (Lipinski definition) is 2. The van der Waals surface area contributed by atoms with Gasteiger partial charge in [-0.3, -0.25) is 0 Å². The van der Waals surface area contributed by atoms with Crippen molar-refractivity contribution in [3.63, 3.8) is 0 Å². The van der Waals surface area contributed by atoms with Gasteiger partial charge in [-0.2, -0.15) is 0 Å². The highest BCUT2D eigenvalue weighted by molar-refractivity contribution is 9.10. The molecule has 2 N–H and O–H groups in total. The lowest BCUT2D eigenvalue weighted by atomic mass is 10.1. The monoisotopic (exact) mass is 287 g/mol. The molecule has 4 heteroatoms. The van der Waals surface area contributed by atoms with Crippen molar-refractivity contribution in [1.29, 1.82) is 0 Å². The highest BCUT2D eigenvalue weighted by atomic mass is 79.9. The van der Waals surface area contributed by atoms with Crippen LogP contribution in [0.2, 0.25) is 0 Å². The molecule has 90 valence electrons. The van der Waals surface area contributed by atoms with Gasteiger partial charge in [0.1, 0.15) is 18.0 Å². The molecule has 0 spiro atoms. The molecule has 1 aromatic rings. The first kappa shape index (κ1) is 13.5. The molecule has 0 aliphatic heterocycles. The quantitative estimate of drug-likeness (QED) is 0.843. The van der Waals surface area contributed by atoms with E-state index in [1.165, 1.54) is 0 Å². The third-order valence-electron chi connectivity index (χ3n) is 2.13. The Labute approximate surface area is 105 Å². The van der Waals surface area contributed by atoms with E-state index in [2.05, 4.69) is 21.2 Å². The molecule has 0 saturated carbocycles. The Hall–Kier alpha value is -0.580. The fourth-order valence-electron chi connectivity index (χ4n) is 1.24. The number of likely N-dealkylation sites (N-methyl/N-ethyl adjacent to an activating group) is 1. The van der Waals surface area contributed by atoms with Crippen molar-refractivity contribution in [3.05, 3.63) is 28.7 Å². The van der Waals surface area contributed by atoms with E-state index < -0.39 is 5.60 Å². The van der Waals surface area contributed by atoms with E-state index in [4.69, 9.17) is 4.74 Å². The van der Waals surface area contributed by atoms with Gasteiger partial charge in [0.25, 0.3) is 0 Å². The van der Waals surface area contributed by atoms with Gasteiger partial charge in [0.05, 0.1) is 4.47 Å². The van der Waals surface area contributed by atoms with Crippen LogP contribution in [0.15, 0.2) is 28.7 Å². The van der Waals surface area contributed by atoms with Gasteiger partial charge in [-0.25, -0.2) is 0 Å². The Bertz CT molecular complexity index is 329. The van der Waals surface area contributed by atoms with E-state index >= 15 is 0 Å². The Morgan fingerprint density at radius 1 is 1.44 bits per heavy atom. The number of halogens is 1. The zero-order valence-electron chi connectivity index (χ0n) is 9.66. The molecule has 0 saturated heterocycles. The fraction of sp³-hybridized carbons (Fsp3) is 0.500. The maximum Gasteiger partial charge on any atom is 0.133 e. The topological polar surface area (TPSA) is 41.5 Å². The van der Waals surface area contributed by atoms with Gasteiger partial charge in [-0.1, -0.05) is 19.1 Å². The summed E-state index contributed by atoms with van der Waals surface area (Å²) < 4.78 is 6.46. The molecule has 0 aliphatic carbocycles. The number of benzene rings is 1. The first-order valence-corrected chi connectivity index (χ1v) is 6.15. The highest BCUT2D eigenvalue weighted by Crippen LogP contribution is 2.24. The second kappa shape index (κ2) is 6.23. The van der Waals surface area contributed by atoms with E-state index in [1.54, 1.807) is 6.92 Å². The molecule has 0 heterocycles. The molecule has 0 amide bonds. The van der Waals surface area contributed by atoms with Crippen LogP contribution in [0.1, 0.15) is 13.8 Å². The van der Waals surface area contributed by atoms with Crippen LogP contribution in [-0.4, -0.2) is 30.4 Å². The lowest BCUT2D eigenvalue weighted by Gasteiger charge is -2.23. The van der Waals surface area contributed by atoms with Crippen LogP contribution in [0.5, 0.6) is 5.75 Å². The zero-order valence-corrected chi connectivity index (χ0v) is 11.3. The molecule has 0 aliphatic rings. The predicted molar refractivity (Wildman–Crippen MR) is 68.8 cm³/mol. The van der Waals surface area contributed by atoms with E-state index in [1.807, 2.05) is 31.2 Å². The van der Waals surface area contributed by atoms with Gasteiger partial charge in [-0.15, -0.1) is 0 Å². The molecule has 0 bridgehead atoms. The lowest BCUT2D eigenvalue weighted by Crippen LogP contribution is -2.42. The second-order valence-corrected chi connectivity index (χ2v) is 4.85. The predicted octanol–water partition coefficient (Wildman–Crippen LogP) is 2.19. The molecule has 1 aromatic carbocycles. The highest BCUT2D eigenvalue weighted by Gasteiger charge is 2.20. The lowest BCUT2D eigenvalue weighted by molar-refractivity contribution is 0.0125. The van der Waals surface area contributed by atoms with Crippen molar-refractivity contribution < 1.29 is 9.84 Å². The largest absolute Gasteiger partial charge is 0.489 e. The molecule has 0 fully saturated rings. The molecule has 0 radical (unpaired) electrons. The molecule has 1 unspecified atom stereocenters. The third-order valence-corrected chi connectivity index (χ3v) is 2.79. The standard InChI is InChI=1S/C12H18BrNO2/c1-3-14-8-12(2,15)9-16-11-7-5-4-6-10(11)13/h4-7,14-15H,3,8-9H2,1-2H3. The maximum atomic E-state index is 9.99. The summed E-state index contributed by atoms with van der Waals surface area (Å²) in [4.78, 5) is 0. The van der Waals surface area contributed by atoms with Crippen LogP contribution in [0, 0.1) is 0 Å². The van der Waals surface area contributed by atoms with Crippen molar-refractivity contribution in [2.75, 3.05) is 19.7 Å². The summed E-state index contributed by atoms with van der Waals surface area (Å²) in [6.45, 7) is 5.39. The average molecular weight is 288 g/mol. The summed E-state index contributed by atoms with van der Waals surface area (Å²) in [7, 11) is 0. The molecule has 1 rings (SSSR count). The minimum Gasteiger partial charge on any atom is -0.489 e. The molecule has 1 atom stereocenters. The number of ether oxygens (including phenoxy) is 1.